The maximum Gasteiger partial charge on any atom is 0.179 e. The molecule has 1 fully saturated rings. The van der Waals surface area contributed by atoms with Gasteiger partial charge < -0.3 is 15.2 Å². The molecule has 1 aliphatic rings. The Morgan fingerprint density at radius 3 is 2.15 bits per heavy atom. The van der Waals surface area contributed by atoms with Gasteiger partial charge in [-0.25, -0.2) is 0 Å². The molecule has 0 amide bonds. The van der Waals surface area contributed by atoms with Crippen LogP contribution in [-0.2, 0) is 5.54 Å². The lowest BCUT2D eigenvalue weighted by Crippen LogP contribution is -2.34. The standard InChI is InChI=1S/C16H24ClNO2/c1-10(2)13-11(16(18)7-5-6-8-16)9-12(17)14(19-3)15(13)20-4/h9-10H,5-8,18H2,1-4H3. The van der Waals surface area contributed by atoms with Crippen molar-refractivity contribution >= 4 is 11.6 Å². The predicted molar refractivity (Wildman–Crippen MR) is 83.0 cm³/mol. The first kappa shape index (κ1) is 15.5. The molecule has 0 unspecified atom stereocenters. The molecule has 0 bridgehead atoms. The summed E-state index contributed by atoms with van der Waals surface area (Å²) in [4.78, 5) is 0. The van der Waals surface area contributed by atoms with E-state index in [9.17, 15) is 0 Å². The minimum Gasteiger partial charge on any atom is -0.492 e. The zero-order valence-electron chi connectivity index (χ0n) is 12.8. The highest BCUT2D eigenvalue weighted by atomic mass is 35.5. The Labute approximate surface area is 126 Å². The lowest BCUT2D eigenvalue weighted by Gasteiger charge is -2.30. The van der Waals surface area contributed by atoms with E-state index in [0.29, 0.717) is 16.7 Å². The van der Waals surface area contributed by atoms with Crippen molar-refractivity contribution in [2.24, 2.45) is 5.73 Å². The molecule has 1 aromatic rings. The van der Waals surface area contributed by atoms with E-state index in [2.05, 4.69) is 13.8 Å². The monoisotopic (exact) mass is 297 g/mol. The van der Waals surface area contributed by atoms with E-state index in [1.165, 1.54) is 12.8 Å². The van der Waals surface area contributed by atoms with Crippen molar-refractivity contribution in [3.05, 3.63) is 22.2 Å². The summed E-state index contributed by atoms with van der Waals surface area (Å²) < 4.78 is 11.0. The van der Waals surface area contributed by atoms with Gasteiger partial charge in [-0.15, -0.1) is 0 Å². The summed E-state index contributed by atoms with van der Waals surface area (Å²) in [6.45, 7) is 4.29. The molecule has 2 N–H and O–H groups in total. The van der Waals surface area contributed by atoms with Crippen LogP contribution in [-0.4, -0.2) is 14.2 Å². The molecular formula is C16H24ClNO2. The summed E-state index contributed by atoms with van der Waals surface area (Å²) in [7, 11) is 3.27. The van der Waals surface area contributed by atoms with Gasteiger partial charge in [0.2, 0.25) is 0 Å². The van der Waals surface area contributed by atoms with Crippen LogP contribution in [0.1, 0.15) is 56.6 Å². The highest BCUT2D eigenvalue weighted by Crippen LogP contribution is 2.48. The van der Waals surface area contributed by atoms with Gasteiger partial charge in [0.15, 0.2) is 11.5 Å². The number of hydrogen-bond acceptors (Lipinski definition) is 3. The number of ether oxygens (including phenoxy) is 2. The Bertz CT molecular complexity index is 494. The van der Waals surface area contributed by atoms with Gasteiger partial charge in [-0.2, -0.15) is 0 Å². The fraction of sp³-hybridized carbons (Fsp3) is 0.625. The molecule has 112 valence electrons. The number of methoxy groups -OCH3 is 2. The molecule has 4 heteroatoms. The Hall–Kier alpha value is -0.930. The molecule has 2 rings (SSSR count). The molecule has 20 heavy (non-hydrogen) atoms. The van der Waals surface area contributed by atoms with E-state index in [4.69, 9.17) is 26.8 Å². The van der Waals surface area contributed by atoms with Gasteiger partial charge in [-0.1, -0.05) is 38.3 Å². The van der Waals surface area contributed by atoms with Crippen molar-refractivity contribution < 1.29 is 9.47 Å². The third kappa shape index (κ3) is 2.49. The van der Waals surface area contributed by atoms with Crippen LogP contribution in [0.5, 0.6) is 11.5 Å². The van der Waals surface area contributed by atoms with Crippen LogP contribution < -0.4 is 15.2 Å². The van der Waals surface area contributed by atoms with E-state index in [-0.39, 0.29) is 5.54 Å². The predicted octanol–water partition coefficient (Wildman–Crippen LogP) is 4.21. The maximum atomic E-state index is 6.65. The van der Waals surface area contributed by atoms with Gasteiger partial charge in [0.25, 0.3) is 0 Å². The molecule has 3 nitrogen and oxygen atoms in total. The molecule has 1 aliphatic carbocycles. The largest absolute Gasteiger partial charge is 0.492 e. The number of nitrogens with two attached hydrogens (primary N) is 1. The molecule has 0 radical (unpaired) electrons. The van der Waals surface area contributed by atoms with Gasteiger partial charge in [0.1, 0.15) is 0 Å². The fourth-order valence-electron chi connectivity index (χ4n) is 3.28. The molecule has 0 heterocycles. The quantitative estimate of drug-likeness (QED) is 0.905. The number of halogens is 1. The summed E-state index contributed by atoms with van der Waals surface area (Å²) in [6.07, 6.45) is 4.33. The number of benzene rings is 1. The number of rotatable bonds is 4. The molecular weight excluding hydrogens is 274 g/mol. The Morgan fingerprint density at radius 2 is 1.70 bits per heavy atom. The maximum absolute atomic E-state index is 6.65. The Morgan fingerprint density at radius 1 is 1.15 bits per heavy atom. The van der Waals surface area contributed by atoms with Crippen molar-refractivity contribution in [1.29, 1.82) is 0 Å². The van der Waals surface area contributed by atoms with Crippen molar-refractivity contribution in [3.63, 3.8) is 0 Å². The average Bonchev–Trinajstić information content (AvgIpc) is 2.85. The smallest absolute Gasteiger partial charge is 0.179 e. The van der Waals surface area contributed by atoms with E-state index in [0.717, 1.165) is 29.7 Å². The highest BCUT2D eigenvalue weighted by molar-refractivity contribution is 6.32. The van der Waals surface area contributed by atoms with Crippen LogP contribution in [0.3, 0.4) is 0 Å². The summed E-state index contributed by atoms with van der Waals surface area (Å²) in [5.74, 6) is 1.62. The molecule has 1 aromatic carbocycles. The minimum atomic E-state index is -0.289. The zero-order valence-corrected chi connectivity index (χ0v) is 13.5. The summed E-state index contributed by atoms with van der Waals surface area (Å²) in [6, 6.07) is 1.98. The molecule has 0 atom stereocenters. The minimum absolute atomic E-state index is 0.289. The van der Waals surface area contributed by atoms with E-state index >= 15 is 0 Å². The fourth-order valence-corrected chi connectivity index (χ4v) is 3.55. The summed E-state index contributed by atoms with van der Waals surface area (Å²) in [5.41, 5.74) is 8.60. The van der Waals surface area contributed by atoms with Gasteiger partial charge in [0.05, 0.1) is 19.2 Å². The van der Waals surface area contributed by atoms with Crippen molar-refractivity contribution in [2.45, 2.75) is 51.0 Å². The second-order valence-corrected chi connectivity index (χ2v) is 6.31. The van der Waals surface area contributed by atoms with Gasteiger partial charge >= 0.3 is 0 Å². The molecule has 1 saturated carbocycles. The molecule has 0 saturated heterocycles. The first-order valence-corrected chi connectivity index (χ1v) is 7.56. The van der Waals surface area contributed by atoms with Crippen molar-refractivity contribution in [2.75, 3.05) is 14.2 Å². The van der Waals surface area contributed by atoms with Crippen LogP contribution in [0.25, 0.3) is 0 Å². The SMILES string of the molecule is COc1c(Cl)cc(C2(N)CCCC2)c(C(C)C)c1OC. The first-order valence-electron chi connectivity index (χ1n) is 7.18. The topological polar surface area (TPSA) is 44.5 Å². The third-order valence-electron chi connectivity index (χ3n) is 4.25. The third-order valence-corrected chi connectivity index (χ3v) is 4.53. The van der Waals surface area contributed by atoms with Crippen molar-refractivity contribution in [3.8, 4) is 11.5 Å². The lowest BCUT2D eigenvalue weighted by molar-refractivity contribution is 0.346. The average molecular weight is 298 g/mol. The lowest BCUT2D eigenvalue weighted by atomic mass is 9.82. The Kier molecular flexibility index (Phi) is 4.50. The van der Waals surface area contributed by atoms with Crippen LogP contribution in [0, 0.1) is 0 Å². The normalized spacial score (nSPS) is 17.6. The van der Waals surface area contributed by atoms with Gasteiger partial charge in [-0.3, -0.25) is 0 Å². The van der Waals surface area contributed by atoms with Crippen LogP contribution in [0.15, 0.2) is 6.07 Å². The van der Waals surface area contributed by atoms with Crippen LogP contribution in [0.2, 0.25) is 5.02 Å². The van der Waals surface area contributed by atoms with Crippen LogP contribution in [0.4, 0.5) is 0 Å². The highest BCUT2D eigenvalue weighted by Gasteiger charge is 2.36. The van der Waals surface area contributed by atoms with E-state index < -0.39 is 0 Å². The van der Waals surface area contributed by atoms with Gasteiger partial charge in [0, 0.05) is 11.1 Å². The Balaban J connectivity index is 2.70. The second kappa shape index (κ2) is 5.82. The van der Waals surface area contributed by atoms with Crippen molar-refractivity contribution in [1.82, 2.24) is 0 Å². The molecule has 0 aromatic heterocycles. The van der Waals surface area contributed by atoms with E-state index in [1.54, 1.807) is 14.2 Å². The second-order valence-electron chi connectivity index (χ2n) is 5.90. The summed E-state index contributed by atoms with van der Waals surface area (Å²) >= 11 is 6.37. The summed E-state index contributed by atoms with van der Waals surface area (Å²) in [5, 5.41) is 0.570. The zero-order chi connectivity index (χ0) is 14.9. The first-order chi connectivity index (χ1) is 9.44. The molecule has 0 aliphatic heterocycles. The molecule has 0 spiro atoms. The number of hydrogen-bond donors (Lipinski definition) is 1. The van der Waals surface area contributed by atoms with Crippen LogP contribution >= 0.6 is 11.6 Å². The van der Waals surface area contributed by atoms with E-state index in [1.807, 2.05) is 6.07 Å². The van der Waals surface area contributed by atoms with Gasteiger partial charge in [-0.05, 0) is 30.4 Å².